The zero-order valence-electron chi connectivity index (χ0n) is 23.0. The highest BCUT2D eigenvalue weighted by molar-refractivity contribution is 6.09. The molecule has 0 amide bonds. The van der Waals surface area contributed by atoms with Crippen molar-refractivity contribution in [2.24, 2.45) is 5.92 Å². The van der Waals surface area contributed by atoms with E-state index in [-0.39, 0.29) is 0 Å². The topological polar surface area (TPSA) is 46.4 Å². The number of benzene rings is 3. The molecule has 0 fully saturated rings. The van der Waals surface area contributed by atoms with E-state index >= 15 is 0 Å². The van der Waals surface area contributed by atoms with Crippen LogP contribution in [0, 0.1) is 5.92 Å². The van der Waals surface area contributed by atoms with Crippen molar-refractivity contribution in [3.05, 3.63) is 109 Å². The smallest absolute Gasteiger partial charge is 0.221 e. The quantitative estimate of drug-likeness (QED) is 0.220. The second-order valence-corrected chi connectivity index (χ2v) is 10.9. The number of aromatic nitrogens is 3. The fraction of sp³-hybridized carbons (Fsp3) is 0.176. The summed E-state index contributed by atoms with van der Waals surface area (Å²) in [5, 5.41) is 2.36. The minimum Gasteiger partial charge on any atom is -0.439 e. The van der Waals surface area contributed by atoms with Gasteiger partial charge in [0.1, 0.15) is 11.6 Å². The number of nitrogens with zero attached hydrogens (tertiary/aromatic N) is 5. The SMILES string of the molecule is CC(C)Cc1ccnc(-n2c3ccccc3c3ccc(Oc4cc(N5CN(C)c6ccccc65)ccn4)cc32)c1. The number of rotatable bonds is 6. The maximum atomic E-state index is 6.38. The van der Waals surface area contributed by atoms with Crippen LogP contribution in [0.15, 0.2) is 103 Å². The largest absolute Gasteiger partial charge is 0.439 e. The maximum absolute atomic E-state index is 6.38. The van der Waals surface area contributed by atoms with E-state index in [1.165, 1.54) is 22.3 Å². The molecule has 7 rings (SSSR count). The summed E-state index contributed by atoms with van der Waals surface area (Å²) in [6, 6.07) is 31.5. The van der Waals surface area contributed by atoms with Crippen molar-refractivity contribution in [1.29, 1.82) is 0 Å². The summed E-state index contributed by atoms with van der Waals surface area (Å²) in [5.41, 5.74) is 6.91. The molecule has 0 N–H and O–H groups in total. The predicted octanol–water partition coefficient (Wildman–Crippen LogP) is 8.11. The normalized spacial score (nSPS) is 13.0. The first-order valence-corrected chi connectivity index (χ1v) is 13.8. The van der Waals surface area contributed by atoms with Crippen LogP contribution in [0.2, 0.25) is 0 Å². The van der Waals surface area contributed by atoms with Gasteiger partial charge >= 0.3 is 0 Å². The lowest BCUT2D eigenvalue weighted by Crippen LogP contribution is -2.23. The summed E-state index contributed by atoms with van der Waals surface area (Å²) >= 11 is 0. The minimum absolute atomic E-state index is 0.559. The molecule has 1 aliphatic rings. The van der Waals surface area contributed by atoms with Crippen LogP contribution in [0.1, 0.15) is 19.4 Å². The monoisotopic (exact) mass is 525 g/mol. The van der Waals surface area contributed by atoms with Gasteiger partial charge in [-0.15, -0.1) is 0 Å². The summed E-state index contributed by atoms with van der Waals surface area (Å²) in [4.78, 5) is 13.8. The molecule has 0 atom stereocenters. The molecule has 198 valence electrons. The standard InChI is InChI=1S/C34H31N5O/c1-23(2)18-24-14-16-35-33(19-24)39-29-9-5-4-8-27(29)28-13-12-26(21-32(28)39)40-34-20-25(15-17-36-34)38-22-37(3)30-10-6-7-11-31(30)38/h4-17,19-21,23H,18,22H2,1-3H3. The number of anilines is 3. The lowest BCUT2D eigenvalue weighted by Gasteiger charge is -2.20. The Bertz CT molecular complexity index is 1860. The van der Waals surface area contributed by atoms with Crippen LogP contribution < -0.4 is 14.5 Å². The van der Waals surface area contributed by atoms with Gasteiger partial charge in [0.15, 0.2) is 0 Å². The second-order valence-electron chi connectivity index (χ2n) is 10.9. The minimum atomic E-state index is 0.559. The van der Waals surface area contributed by atoms with Gasteiger partial charge in [0.2, 0.25) is 5.88 Å². The van der Waals surface area contributed by atoms with E-state index in [2.05, 4.69) is 113 Å². The summed E-state index contributed by atoms with van der Waals surface area (Å²) in [5.74, 6) is 2.78. The highest BCUT2D eigenvalue weighted by atomic mass is 16.5. The molecule has 3 aromatic carbocycles. The highest BCUT2D eigenvalue weighted by Crippen LogP contribution is 2.40. The van der Waals surface area contributed by atoms with Gasteiger partial charge in [-0.05, 0) is 66.4 Å². The van der Waals surface area contributed by atoms with Gasteiger partial charge < -0.3 is 14.5 Å². The van der Waals surface area contributed by atoms with Crippen LogP contribution in [0.5, 0.6) is 11.6 Å². The first-order valence-electron chi connectivity index (χ1n) is 13.8. The van der Waals surface area contributed by atoms with Gasteiger partial charge in [0.05, 0.1) is 29.1 Å². The number of fused-ring (bicyclic) bond motifs is 4. The average molecular weight is 526 g/mol. The van der Waals surface area contributed by atoms with E-state index in [0.29, 0.717) is 11.8 Å². The first kappa shape index (κ1) is 24.2. The molecule has 40 heavy (non-hydrogen) atoms. The summed E-state index contributed by atoms with van der Waals surface area (Å²) in [7, 11) is 2.11. The molecule has 0 radical (unpaired) electrons. The van der Waals surface area contributed by atoms with Gasteiger partial charge in [-0.25, -0.2) is 9.97 Å². The second kappa shape index (κ2) is 9.72. The Morgan fingerprint density at radius 1 is 0.775 bits per heavy atom. The molecular formula is C34H31N5O. The Morgan fingerprint density at radius 2 is 1.55 bits per heavy atom. The van der Waals surface area contributed by atoms with Crippen molar-refractivity contribution in [2.45, 2.75) is 20.3 Å². The van der Waals surface area contributed by atoms with E-state index in [0.717, 1.165) is 46.8 Å². The Hall–Kier alpha value is -4.84. The first-order chi connectivity index (χ1) is 19.5. The molecule has 0 unspecified atom stereocenters. The van der Waals surface area contributed by atoms with E-state index in [1.54, 1.807) is 0 Å². The summed E-state index contributed by atoms with van der Waals surface area (Å²) in [6.07, 6.45) is 4.74. The summed E-state index contributed by atoms with van der Waals surface area (Å²) in [6.45, 7) is 5.26. The zero-order chi connectivity index (χ0) is 27.2. The molecule has 6 nitrogen and oxygen atoms in total. The number of hydrogen-bond donors (Lipinski definition) is 0. The third-order valence-electron chi connectivity index (χ3n) is 7.52. The van der Waals surface area contributed by atoms with Gasteiger partial charge in [-0.2, -0.15) is 0 Å². The lowest BCUT2D eigenvalue weighted by atomic mass is 10.0. The van der Waals surface area contributed by atoms with Crippen LogP contribution in [-0.4, -0.2) is 28.3 Å². The fourth-order valence-electron chi connectivity index (χ4n) is 5.79. The highest BCUT2D eigenvalue weighted by Gasteiger charge is 2.24. The molecule has 0 bridgehead atoms. The lowest BCUT2D eigenvalue weighted by molar-refractivity contribution is 0.463. The molecule has 6 aromatic rings. The third kappa shape index (κ3) is 4.22. The van der Waals surface area contributed by atoms with Crippen molar-refractivity contribution in [1.82, 2.24) is 14.5 Å². The van der Waals surface area contributed by atoms with Crippen molar-refractivity contribution in [3.8, 4) is 17.4 Å². The number of hydrogen-bond acceptors (Lipinski definition) is 5. The third-order valence-corrected chi connectivity index (χ3v) is 7.52. The van der Waals surface area contributed by atoms with E-state index in [4.69, 9.17) is 9.72 Å². The van der Waals surface area contributed by atoms with Crippen molar-refractivity contribution in [3.63, 3.8) is 0 Å². The van der Waals surface area contributed by atoms with Crippen LogP contribution in [-0.2, 0) is 6.42 Å². The van der Waals surface area contributed by atoms with Crippen LogP contribution in [0.25, 0.3) is 27.6 Å². The van der Waals surface area contributed by atoms with Gasteiger partial charge in [0.25, 0.3) is 0 Å². The van der Waals surface area contributed by atoms with E-state index in [1.807, 2.05) is 30.6 Å². The zero-order valence-corrected chi connectivity index (χ0v) is 23.0. The van der Waals surface area contributed by atoms with Crippen LogP contribution in [0.3, 0.4) is 0 Å². The molecule has 3 aromatic heterocycles. The van der Waals surface area contributed by atoms with Crippen molar-refractivity contribution in [2.75, 3.05) is 23.5 Å². The molecule has 0 saturated carbocycles. The van der Waals surface area contributed by atoms with Crippen molar-refractivity contribution < 1.29 is 4.74 Å². The molecule has 6 heteroatoms. The molecule has 0 saturated heterocycles. The van der Waals surface area contributed by atoms with Gasteiger partial charge in [-0.1, -0.05) is 44.2 Å². The van der Waals surface area contributed by atoms with Crippen LogP contribution >= 0.6 is 0 Å². The Balaban J connectivity index is 1.28. The van der Waals surface area contributed by atoms with Gasteiger partial charge in [-0.3, -0.25) is 4.57 Å². The Labute approximate surface area is 234 Å². The number of ether oxygens (including phenoxy) is 1. The average Bonchev–Trinajstić information content (AvgIpc) is 3.47. The molecular weight excluding hydrogens is 494 g/mol. The van der Waals surface area contributed by atoms with Crippen molar-refractivity contribution >= 4 is 38.9 Å². The molecule has 0 aliphatic carbocycles. The fourth-order valence-corrected chi connectivity index (χ4v) is 5.79. The molecule has 4 heterocycles. The Morgan fingerprint density at radius 3 is 2.42 bits per heavy atom. The van der Waals surface area contributed by atoms with Crippen LogP contribution in [0.4, 0.5) is 17.1 Å². The maximum Gasteiger partial charge on any atom is 0.221 e. The number of pyridine rings is 2. The van der Waals surface area contributed by atoms with Gasteiger partial charge in [0, 0.05) is 48.0 Å². The Kier molecular flexibility index (Phi) is 5.89. The van der Waals surface area contributed by atoms with E-state index in [9.17, 15) is 0 Å². The molecule has 0 spiro atoms. The number of para-hydroxylation sites is 3. The predicted molar refractivity (Wildman–Crippen MR) is 163 cm³/mol. The van der Waals surface area contributed by atoms with E-state index < -0.39 is 0 Å². The summed E-state index contributed by atoms with van der Waals surface area (Å²) < 4.78 is 8.62. The molecule has 1 aliphatic heterocycles.